The van der Waals surface area contributed by atoms with E-state index < -0.39 is 0 Å². The Morgan fingerprint density at radius 1 is 1.00 bits per heavy atom. The molecule has 28 heavy (non-hydrogen) atoms. The van der Waals surface area contributed by atoms with E-state index in [0.29, 0.717) is 18.1 Å². The molecule has 0 saturated carbocycles. The molecule has 0 saturated heterocycles. The first-order valence-electron chi connectivity index (χ1n) is 10.1. The van der Waals surface area contributed by atoms with Gasteiger partial charge in [0.1, 0.15) is 12.4 Å². The molecule has 1 aliphatic carbocycles. The van der Waals surface area contributed by atoms with Gasteiger partial charge in [0, 0.05) is 6.42 Å². The highest BCUT2D eigenvalue weighted by atomic mass is 16.5. The molecular weight excluding hydrogens is 344 g/mol. The molecule has 1 heterocycles. The molecule has 3 aromatic carbocycles. The van der Waals surface area contributed by atoms with Gasteiger partial charge >= 0.3 is 0 Å². The van der Waals surface area contributed by atoms with Crippen molar-refractivity contribution in [2.24, 2.45) is 0 Å². The Bertz CT molecular complexity index is 1050. The maximum Gasteiger partial charge on any atom is 0.130 e. The lowest BCUT2D eigenvalue weighted by atomic mass is 9.77. The smallest absolute Gasteiger partial charge is 0.130 e. The highest BCUT2D eigenvalue weighted by molar-refractivity contribution is 6.09. The Morgan fingerprint density at radius 2 is 1.86 bits per heavy atom. The van der Waals surface area contributed by atoms with E-state index in [-0.39, 0.29) is 0 Å². The van der Waals surface area contributed by atoms with Gasteiger partial charge in [0.25, 0.3) is 0 Å². The van der Waals surface area contributed by atoms with Crippen molar-refractivity contribution in [3.05, 3.63) is 84.1 Å². The standard InChI is InChI=1S/C21H20O.C5H6O/c1-14(22)13-17-7-4-6-16-10-11-19-18-8-3-2-5-15(18)9-12-20(19)21(16)17;1-2-4-6-5-3-1/h2-3,5,8-12,17H,4,6-7,13H2,1H3;1-4H,5H2. The first-order valence-corrected chi connectivity index (χ1v) is 10.1. The second kappa shape index (κ2) is 8.43. The van der Waals surface area contributed by atoms with Crippen LogP contribution in [-0.2, 0) is 16.0 Å². The highest BCUT2D eigenvalue weighted by Crippen LogP contribution is 2.40. The summed E-state index contributed by atoms with van der Waals surface area (Å²) in [6.45, 7) is 2.45. The minimum absolute atomic E-state index is 0.302. The molecule has 1 aliphatic heterocycles. The van der Waals surface area contributed by atoms with Crippen molar-refractivity contribution < 1.29 is 9.53 Å². The van der Waals surface area contributed by atoms with Crippen LogP contribution in [0.25, 0.3) is 21.5 Å². The number of allylic oxidation sites excluding steroid dienone is 2. The normalized spacial score (nSPS) is 17.5. The van der Waals surface area contributed by atoms with Gasteiger partial charge in [-0.1, -0.05) is 54.6 Å². The van der Waals surface area contributed by atoms with Crippen LogP contribution in [0, 0.1) is 0 Å². The monoisotopic (exact) mass is 370 g/mol. The summed E-state index contributed by atoms with van der Waals surface area (Å²) < 4.78 is 4.80. The number of aryl methyl sites for hydroxylation is 1. The summed E-state index contributed by atoms with van der Waals surface area (Å²) in [7, 11) is 0. The average molecular weight is 370 g/mol. The number of rotatable bonds is 2. The Kier molecular flexibility index (Phi) is 5.57. The van der Waals surface area contributed by atoms with E-state index in [2.05, 4.69) is 48.5 Å². The third kappa shape index (κ3) is 3.87. The van der Waals surface area contributed by atoms with Crippen LogP contribution in [-0.4, -0.2) is 12.4 Å². The molecule has 3 aromatic rings. The topological polar surface area (TPSA) is 26.3 Å². The number of carbonyl (C=O) groups is 1. The third-order valence-electron chi connectivity index (χ3n) is 5.61. The van der Waals surface area contributed by atoms with Crippen molar-refractivity contribution >= 4 is 27.3 Å². The van der Waals surface area contributed by atoms with Gasteiger partial charge in [-0.2, -0.15) is 0 Å². The molecule has 5 rings (SSSR count). The first kappa shape index (κ1) is 18.5. The van der Waals surface area contributed by atoms with E-state index in [4.69, 9.17) is 4.74 Å². The second-order valence-electron chi connectivity index (χ2n) is 7.61. The summed E-state index contributed by atoms with van der Waals surface area (Å²) in [5, 5.41) is 5.28. The largest absolute Gasteiger partial charge is 0.497 e. The SMILES string of the molecule is C1=CCOC=C1.CC(=O)CC1CCCc2ccc3c(ccc4ccccc43)c21. The van der Waals surface area contributed by atoms with Gasteiger partial charge in [-0.25, -0.2) is 0 Å². The van der Waals surface area contributed by atoms with Crippen LogP contribution in [0.1, 0.15) is 43.2 Å². The minimum atomic E-state index is 0.302. The molecule has 1 atom stereocenters. The zero-order chi connectivity index (χ0) is 19.3. The van der Waals surface area contributed by atoms with E-state index in [0.717, 1.165) is 19.4 Å². The number of benzene rings is 3. The minimum Gasteiger partial charge on any atom is -0.497 e. The van der Waals surface area contributed by atoms with Gasteiger partial charge in [-0.05, 0) is 76.9 Å². The van der Waals surface area contributed by atoms with Crippen LogP contribution in [0.15, 0.2) is 73.0 Å². The van der Waals surface area contributed by atoms with E-state index in [1.807, 2.05) is 18.2 Å². The van der Waals surface area contributed by atoms with Crippen LogP contribution in [0.3, 0.4) is 0 Å². The molecule has 0 bridgehead atoms. The molecule has 0 N–H and O–H groups in total. The molecule has 2 aliphatic rings. The highest BCUT2D eigenvalue weighted by Gasteiger charge is 2.23. The fraction of sp³-hybridized carbons (Fsp3) is 0.269. The summed E-state index contributed by atoms with van der Waals surface area (Å²) in [6, 6.07) is 17.6. The lowest BCUT2D eigenvalue weighted by molar-refractivity contribution is -0.117. The molecule has 0 fully saturated rings. The second-order valence-corrected chi connectivity index (χ2v) is 7.61. The summed E-state index contributed by atoms with van der Waals surface area (Å²) >= 11 is 0. The Balaban J connectivity index is 0.000000275. The van der Waals surface area contributed by atoms with Crippen LogP contribution in [0.2, 0.25) is 0 Å². The molecule has 1 unspecified atom stereocenters. The van der Waals surface area contributed by atoms with E-state index in [9.17, 15) is 4.79 Å². The number of carbonyl (C=O) groups excluding carboxylic acids is 1. The lowest BCUT2D eigenvalue weighted by Crippen LogP contribution is -2.13. The lowest BCUT2D eigenvalue weighted by Gasteiger charge is -2.27. The Morgan fingerprint density at radius 3 is 2.57 bits per heavy atom. The van der Waals surface area contributed by atoms with Gasteiger partial charge in [0.2, 0.25) is 0 Å². The van der Waals surface area contributed by atoms with Crippen LogP contribution < -0.4 is 0 Å². The summed E-state index contributed by atoms with van der Waals surface area (Å²) in [4.78, 5) is 11.7. The number of hydrogen-bond acceptors (Lipinski definition) is 2. The maximum atomic E-state index is 11.7. The van der Waals surface area contributed by atoms with E-state index >= 15 is 0 Å². The van der Waals surface area contributed by atoms with Crippen molar-refractivity contribution in [1.29, 1.82) is 0 Å². The van der Waals surface area contributed by atoms with Crippen molar-refractivity contribution in [3.8, 4) is 0 Å². The van der Waals surface area contributed by atoms with E-state index in [1.54, 1.807) is 13.2 Å². The van der Waals surface area contributed by atoms with Crippen molar-refractivity contribution in [2.45, 2.75) is 38.5 Å². The number of Topliss-reactive ketones (excluding diaryl/α,β-unsaturated/α-hetero) is 1. The zero-order valence-corrected chi connectivity index (χ0v) is 16.4. The Labute approximate surface area is 166 Å². The van der Waals surface area contributed by atoms with Gasteiger partial charge in [0.05, 0.1) is 6.26 Å². The molecule has 142 valence electrons. The van der Waals surface area contributed by atoms with Crippen LogP contribution in [0.4, 0.5) is 0 Å². The fourth-order valence-corrected chi connectivity index (χ4v) is 4.44. The van der Waals surface area contributed by atoms with Gasteiger partial charge < -0.3 is 9.53 Å². The van der Waals surface area contributed by atoms with Gasteiger partial charge in [-0.3, -0.25) is 0 Å². The average Bonchev–Trinajstić information content (AvgIpc) is 2.74. The molecule has 0 radical (unpaired) electrons. The zero-order valence-electron chi connectivity index (χ0n) is 16.4. The quantitative estimate of drug-likeness (QED) is 0.483. The predicted octanol–water partition coefficient (Wildman–Crippen LogP) is 6.48. The fourth-order valence-electron chi connectivity index (χ4n) is 4.44. The van der Waals surface area contributed by atoms with E-state index in [1.165, 1.54) is 39.1 Å². The van der Waals surface area contributed by atoms with Crippen molar-refractivity contribution in [2.75, 3.05) is 6.61 Å². The third-order valence-corrected chi connectivity index (χ3v) is 5.61. The number of fused-ring (bicyclic) bond motifs is 5. The summed E-state index contributed by atoms with van der Waals surface area (Å²) in [5.41, 5.74) is 2.88. The maximum absolute atomic E-state index is 11.7. The van der Waals surface area contributed by atoms with Crippen molar-refractivity contribution in [1.82, 2.24) is 0 Å². The summed E-state index contributed by atoms with van der Waals surface area (Å²) in [6.07, 6.45) is 11.6. The number of ether oxygens (including phenoxy) is 1. The molecule has 0 spiro atoms. The van der Waals surface area contributed by atoms with Crippen molar-refractivity contribution in [3.63, 3.8) is 0 Å². The van der Waals surface area contributed by atoms with Crippen LogP contribution >= 0.6 is 0 Å². The molecular formula is C26H26O2. The first-order chi connectivity index (χ1) is 13.7. The van der Waals surface area contributed by atoms with Crippen LogP contribution in [0.5, 0.6) is 0 Å². The van der Waals surface area contributed by atoms with Gasteiger partial charge in [-0.15, -0.1) is 0 Å². The Hall–Kier alpha value is -2.87. The molecule has 0 aromatic heterocycles. The number of ketones is 1. The summed E-state index contributed by atoms with van der Waals surface area (Å²) in [5.74, 6) is 0.696. The predicted molar refractivity (Wildman–Crippen MR) is 117 cm³/mol. The number of hydrogen-bond donors (Lipinski definition) is 0. The molecule has 0 amide bonds. The van der Waals surface area contributed by atoms with Gasteiger partial charge in [0.15, 0.2) is 0 Å². The molecule has 2 heteroatoms. The molecule has 2 nitrogen and oxygen atoms in total.